The van der Waals surface area contributed by atoms with Crippen LogP contribution in [0, 0.1) is 0 Å². The Morgan fingerprint density at radius 3 is 2.58 bits per heavy atom. The number of nitrogens with zero attached hydrogens (tertiary/aromatic N) is 2. The molecule has 0 radical (unpaired) electrons. The largest absolute Gasteiger partial charge is 0.392 e. The third-order valence-corrected chi connectivity index (χ3v) is 5.54. The van der Waals surface area contributed by atoms with Crippen molar-refractivity contribution in [2.75, 3.05) is 26.2 Å². The van der Waals surface area contributed by atoms with Crippen LogP contribution in [0.1, 0.15) is 16.6 Å². The van der Waals surface area contributed by atoms with Crippen LogP contribution in [0.25, 0.3) is 0 Å². The summed E-state index contributed by atoms with van der Waals surface area (Å²) in [5, 5.41) is 1.92. The first-order valence-electron chi connectivity index (χ1n) is 6.06. The summed E-state index contributed by atoms with van der Waals surface area (Å²) < 4.78 is 0.876. The summed E-state index contributed by atoms with van der Waals surface area (Å²) in [5.41, 5.74) is 5.66. The minimum Gasteiger partial charge on any atom is -0.392 e. The Labute approximate surface area is 130 Å². The van der Waals surface area contributed by atoms with Gasteiger partial charge in [0.1, 0.15) is 4.88 Å². The molecule has 2 rings (SSSR count). The van der Waals surface area contributed by atoms with E-state index in [1.807, 2.05) is 23.3 Å². The first kappa shape index (κ1) is 14.9. The topological polar surface area (TPSA) is 49.6 Å². The van der Waals surface area contributed by atoms with E-state index in [0.717, 1.165) is 35.5 Å². The van der Waals surface area contributed by atoms with Crippen molar-refractivity contribution >= 4 is 50.4 Å². The van der Waals surface area contributed by atoms with Crippen LogP contribution in [-0.2, 0) is 0 Å². The van der Waals surface area contributed by atoms with E-state index in [1.54, 1.807) is 0 Å². The van der Waals surface area contributed by atoms with Gasteiger partial charge in [-0.2, -0.15) is 0 Å². The van der Waals surface area contributed by atoms with Crippen LogP contribution in [0.3, 0.4) is 0 Å². The van der Waals surface area contributed by atoms with Gasteiger partial charge in [0.25, 0.3) is 5.91 Å². The van der Waals surface area contributed by atoms with Gasteiger partial charge in [-0.05, 0) is 34.3 Å². The van der Waals surface area contributed by atoms with E-state index in [9.17, 15) is 4.79 Å². The lowest BCUT2D eigenvalue weighted by atomic mass is 10.2. The molecule has 1 aliphatic rings. The molecule has 1 aromatic heterocycles. The number of nitrogens with two attached hydrogens (primary N) is 1. The molecule has 4 nitrogen and oxygen atoms in total. The number of hydrogen-bond donors (Lipinski definition) is 1. The van der Waals surface area contributed by atoms with Crippen molar-refractivity contribution in [1.82, 2.24) is 9.80 Å². The van der Waals surface area contributed by atoms with Gasteiger partial charge in [0.05, 0.1) is 11.0 Å². The molecule has 1 aromatic rings. The Morgan fingerprint density at radius 1 is 1.47 bits per heavy atom. The molecule has 19 heavy (non-hydrogen) atoms. The summed E-state index contributed by atoms with van der Waals surface area (Å²) in [7, 11) is 0. The van der Waals surface area contributed by atoms with Crippen molar-refractivity contribution < 1.29 is 4.79 Å². The molecule has 0 aliphatic carbocycles. The summed E-state index contributed by atoms with van der Waals surface area (Å²) >= 11 is 9.89. The van der Waals surface area contributed by atoms with Gasteiger partial charge in [0.2, 0.25) is 0 Å². The zero-order valence-electron chi connectivity index (χ0n) is 10.6. The minimum absolute atomic E-state index is 0.0979. The van der Waals surface area contributed by atoms with Crippen molar-refractivity contribution in [3.63, 3.8) is 0 Å². The van der Waals surface area contributed by atoms with E-state index in [0.29, 0.717) is 4.99 Å². The van der Waals surface area contributed by atoms with Crippen LogP contribution < -0.4 is 5.73 Å². The molecule has 0 aromatic carbocycles. The molecular formula is C12H16BrN3OS2. The fraction of sp³-hybridized carbons (Fsp3) is 0.500. The SMILES string of the molecule is CC(C(N)=S)N1CCN(C(=O)c2sccc2Br)CC1. The van der Waals surface area contributed by atoms with Gasteiger partial charge in [-0.1, -0.05) is 12.2 Å². The first-order chi connectivity index (χ1) is 9.00. The molecule has 0 spiro atoms. The van der Waals surface area contributed by atoms with E-state index >= 15 is 0 Å². The van der Waals surface area contributed by atoms with E-state index in [1.165, 1.54) is 11.3 Å². The maximum Gasteiger partial charge on any atom is 0.265 e. The van der Waals surface area contributed by atoms with Gasteiger partial charge >= 0.3 is 0 Å². The predicted octanol–water partition coefficient (Wildman–Crippen LogP) is 1.94. The molecule has 1 aliphatic heterocycles. The summed E-state index contributed by atoms with van der Waals surface area (Å²) in [6, 6.07) is 2.00. The lowest BCUT2D eigenvalue weighted by Gasteiger charge is -2.37. The van der Waals surface area contributed by atoms with Crippen LogP contribution in [0.2, 0.25) is 0 Å². The number of hydrogen-bond acceptors (Lipinski definition) is 4. The van der Waals surface area contributed by atoms with Crippen molar-refractivity contribution in [2.45, 2.75) is 13.0 Å². The van der Waals surface area contributed by atoms with Gasteiger partial charge < -0.3 is 10.6 Å². The van der Waals surface area contributed by atoms with Gasteiger partial charge in [0, 0.05) is 30.7 Å². The number of carbonyl (C=O) groups excluding carboxylic acids is 1. The zero-order valence-corrected chi connectivity index (χ0v) is 13.9. The lowest BCUT2D eigenvalue weighted by Crippen LogP contribution is -2.53. The molecule has 1 fully saturated rings. The third-order valence-electron chi connectivity index (χ3n) is 3.37. The highest BCUT2D eigenvalue weighted by Crippen LogP contribution is 2.24. The molecule has 0 saturated carbocycles. The Kier molecular flexibility index (Phi) is 4.94. The summed E-state index contributed by atoms with van der Waals surface area (Å²) in [4.78, 5) is 17.7. The second kappa shape index (κ2) is 6.30. The van der Waals surface area contributed by atoms with E-state index in [2.05, 4.69) is 20.8 Å². The monoisotopic (exact) mass is 361 g/mol. The molecule has 1 atom stereocenters. The standard InChI is InChI=1S/C12H16BrN3OS2/c1-8(11(14)18)15-3-5-16(6-4-15)12(17)10-9(13)2-7-19-10/h2,7-8H,3-6H2,1H3,(H2,14,18). The zero-order chi connectivity index (χ0) is 14.0. The van der Waals surface area contributed by atoms with Gasteiger partial charge in [-0.25, -0.2) is 0 Å². The summed E-state index contributed by atoms with van der Waals surface area (Å²) in [6.07, 6.45) is 0. The van der Waals surface area contributed by atoms with Crippen LogP contribution in [0.5, 0.6) is 0 Å². The number of thiocarbonyl (C=S) groups is 1. The Balaban J connectivity index is 1.95. The number of amides is 1. The molecule has 1 amide bonds. The number of rotatable bonds is 3. The van der Waals surface area contributed by atoms with Crippen molar-refractivity contribution in [1.29, 1.82) is 0 Å². The molecule has 1 unspecified atom stereocenters. The fourth-order valence-corrected chi connectivity index (χ4v) is 3.74. The highest BCUT2D eigenvalue weighted by atomic mass is 79.9. The molecule has 2 heterocycles. The van der Waals surface area contributed by atoms with E-state index < -0.39 is 0 Å². The average Bonchev–Trinajstić information content (AvgIpc) is 2.83. The molecule has 2 N–H and O–H groups in total. The molecular weight excluding hydrogens is 346 g/mol. The number of piperazine rings is 1. The second-order valence-corrected chi connectivity index (χ2v) is 6.75. The van der Waals surface area contributed by atoms with E-state index in [4.69, 9.17) is 18.0 Å². The highest BCUT2D eigenvalue weighted by Gasteiger charge is 2.26. The quantitative estimate of drug-likeness (QED) is 0.835. The highest BCUT2D eigenvalue weighted by molar-refractivity contribution is 9.10. The molecule has 0 bridgehead atoms. The normalized spacial score (nSPS) is 18.3. The van der Waals surface area contributed by atoms with Crippen LogP contribution >= 0.6 is 39.5 Å². The maximum absolute atomic E-state index is 12.3. The Hall–Kier alpha value is -0.500. The number of thiophene rings is 1. The molecule has 7 heteroatoms. The Bertz CT molecular complexity index is 483. The minimum atomic E-state index is 0.0979. The molecule has 1 saturated heterocycles. The maximum atomic E-state index is 12.3. The second-order valence-electron chi connectivity index (χ2n) is 4.50. The van der Waals surface area contributed by atoms with Gasteiger partial charge in [0.15, 0.2) is 0 Å². The summed E-state index contributed by atoms with van der Waals surface area (Å²) in [5.74, 6) is 0.101. The lowest BCUT2D eigenvalue weighted by molar-refractivity contribution is 0.0625. The Morgan fingerprint density at radius 2 is 2.11 bits per heavy atom. The number of halogens is 1. The predicted molar refractivity (Wildman–Crippen MR) is 85.7 cm³/mol. The number of carbonyl (C=O) groups is 1. The fourth-order valence-electron chi connectivity index (χ4n) is 2.08. The average molecular weight is 362 g/mol. The van der Waals surface area contributed by atoms with Gasteiger partial charge in [-0.3, -0.25) is 9.69 Å². The first-order valence-corrected chi connectivity index (χ1v) is 8.14. The smallest absolute Gasteiger partial charge is 0.265 e. The van der Waals surface area contributed by atoms with E-state index in [-0.39, 0.29) is 11.9 Å². The third kappa shape index (κ3) is 3.34. The van der Waals surface area contributed by atoms with Gasteiger partial charge in [-0.15, -0.1) is 11.3 Å². The van der Waals surface area contributed by atoms with Crippen molar-refractivity contribution in [3.8, 4) is 0 Å². The van der Waals surface area contributed by atoms with Crippen molar-refractivity contribution in [3.05, 3.63) is 20.8 Å². The summed E-state index contributed by atoms with van der Waals surface area (Å²) in [6.45, 7) is 5.07. The van der Waals surface area contributed by atoms with Crippen molar-refractivity contribution in [2.24, 2.45) is 5.73 Å². The van der Waals surface area contributed by atoms with Crippen LogP contribution in [0.15, 0.2) is 15.9 Å². The van der Waals surface area contributed by atoms with Crippen LogP contribution in [-0.4, -0.2) is 52.9 Å². The van der Waals surface area contributed by atoms with Crippen LogP contribution in [0.4, 0.5) is 0 Å². The molecule has 104 valence electrons.